The molecule has 23 nitrogen and oxygen atoms in total. The second-order valence-electron chi connectivity index (χ2n) is 16.3. The first-order chi connectivity index (χ1) is 35.7. The Hall–Kier alpha value is -6.83. The molecule has 7 rings (SSSR count). The molecule has 390 valence electrons. The number of oxazole rings is 1. The summed E-state index contributed by atoms with van der Waals surface area (Å²) in [5.41, 5.74) is 3.22. The first kappa shape index (κ1) is 54.0. The van der Waals surface area contributed by atoms with Gasteiger partial charge in [-0.2, -0.15) is 5.10 Å². The van der Waals surface area contributed by atoms with Gasteiger partial charge in [-0.05, 0) is 54.4 Å². The van der Waals surface area contributed by atoms with Crippen LogP contribution in [-0.4, -0.2) is 179 Å². The highest BCUT2D eigenvalue weighted by molar-refractivity contribution is 6.25. The molecular formula is C50H59N7O16. The lowest BCUT2D eigenvalue weighted by atomic mass is 10.0. The van der Waals surface area contributed by atoms with Gasteiger partial charge >= 0.3 is 0 Å². The molecule has 4 amide bonds. The second-order valence-corrected chi connectivity index (χ2v) is 16.3. The predicted octanol–water partition coefficient (Wildman–Crippen LogP) is 2.43. The highest BCUT2D eigenvalue weighted by Crippen LogP contribution is 2.32. The first-order valence-corrected chi connectivity index (χ1v) is 23.9. The van der Waals surface area contributed by atoms with Gasteiger partial charge in [-0.3, -0.25) is 39.0 Å². The number of amides is 4. The summed E-state index contributed by atoms with van der Waals surface area (Å²) >= 11 is 0. The molecule has 2 aromatic carbocycles. The minimum Gasteiger partial charge on any atom is -0.490 e. The van der Waals surface area contributed by atoms with Gasteiger partial charge < -0.3 is 52.4 Å². The Morgan fingerprint density at radius 3 is 1.92 bits per heavy atom. The molecule has 23 heteroatoms. The number of carbonyl (C=O) groups is 5. The molecule has 5 aromatic rings. The van der Waals surface area contributed by atoms with Crippen molar-refractivity contribution >= 4 is 46.2 Å². The Kier molecular flexibility index (Phi) is 21.0. The summed E-state index contributed by atoms with van der Waals surface area (Å²) in [6, 6.07) is 15.5. The average molecular weight is 1010 g/mol. The van der Waals surface area contributed by atoms with Crippen LogP contribution in [-0.2, 0) is 61.0 Å². The number of ether oxygens (including phenoxy) is 9. The number of anilines is 1. The first-order valence-electron chi connectivity index (χ1n) is 23.9. The van der Waals surface area contributed by atoms with Gasteiger partial charge in [-0.25, -0.2) is 14.6 Å². The Labute approximate surface area is 419 Å². The maximum absolute atomic E-state index is 13.2. The number of aryl methyl sites for hydroxylation is 1. The zero-order valence-electron chi connectivity index (χ0n) is 40.5. The number of fused-ring (bicyclic) bond motifs is 2. The number of aromatic nitrogens is 4. The molecule has 2 N–H and O–H groups in total. The van der Waals surface area contributed by atoms with Gasteiger partial charge in [-0.1, -0.05) is 12.1 Å². The maximum atomic E-state index is 13.2. The summed E-state index contributed by atoms with van der Waals surface area (Å²) < 4.78 is 57.1. The molecule has 0 aliphatic carbocycles. The summed E-state index contributed by atoms with van der Waals surface area (Å²) in [6.45, 7) is 7.12. The molecule has 1 unspecified atom stereocenters. The van der Waals surface area contributed by atoms with Crippen molar-refractivity contribution in [1.82, 2.24) is 30.0 Å². The number of rotatable bonds is 34. The number of imide groups is 2. The van der Waals surface area contributed by atoms with Crippen molar-refractivity contribution < 1.29 is 71.0 Å². The monoisotopic (exact) mass is 1010 g/mol. The summed E-state index contributed by atoms with van der Waals surface area (Å²) in [7, 11) is 1.55. The fraction of sp³-hybridized carbons (Fsp3) is 0.460. The quantitative estimate of drug-likeness (QED) is 0.0340. The lowest BCUT2D eigenvalue weighted by molar-refractivity contribution is -0.136. The highest BCUT2D eigenvalue weighted by atomic mass is 16.6. The van der Waals surface area contributed by atoms with E-state index in [4.69, 9.17) is 47.0 Å². The lowest BCUT2D eigenvalue weighted by Gasteiger charge is -2.27. The molecule has 0 radical (unpaired) electrons. The minimum absolute atomic E-state index is 0.0563. The van der Waals surface area contributed by atoms with Crippen LogP contribution >= 0.6 is 0 Å². The zero-order valence-corrected chi connectivity index (χ0v) is 40.5. The van der Waals surface area contributed by atoms with Gasteiger partial charge in [0.25, 0.3) is 17.4 Å². The number of piperidine rings is 1. The van der Waals surface area contributed by atoms with Gasteiger partial charge in [0.05, 0.1) is 123 Å². The largest absolute Gasteiger partial charge is 0.490 e. The third kappa shape index (κ3) is 16.1. The average Bonchev–Trinajstić information content (AvgIpc) is 3.93. The standard InChI is InChI=1S/C50H59N7O16/c1-56-45(60)12-9-40(55-56)48-53-38-7-5-34(32-43(38)73-48)31-42(58)37-8-6-35(33-52-37)72-30-29-71-28-27-70-26-25-69-24-23-68-22-21-67-20-19-66-18-17-65-16-15-64-14-13-51-39-4-2-3-36-46(39)50(63)57(49(36)62)41-10-11-44(59)54-47(41)61/h2-9,12,32-33,41,51H,10-11,13-31H2,1H3,(H,54,59,61). The third-order valence-electron chi connectivity index (χ3n) is 11.1. The van der Waals surface area contributed by atoms with E-state index in [1.807, 2.05) is 6.07 Å². The molecule has 1 saturated heterocycles. The van der Waals surface area contributed by atoms with Crippen LogP contribution < -0.4 is 20.9 Å². The Morgan fingerprint density at radius 2 is 1.33 bits per heavy atom. The van der Waals surface area contributed by atoms with E-state index >= 15 is 0 Å². The summed E-state index contributed by atoms with van der Waals surface area (Å²) in [5.74, 6) is -1.57. The van der Waals surface area contributed by atoms with E-state index in [9.17, 15) is 28.8 Å². The van der Waals surface area contributed by atoms with Crippen LogP contribution in [0.3, 0.4) is 0 Å². The molecular weight excluding hydrogens is 955 g/mol. The van der Waals surface area contributed by atoms with Crippen LogP contribution in [0.5, 0.6) is 5.75 Å². The molecule has 5 heterocycles. The molecule has 1 atom stereocenters. The van der Waals surface area contributed by atoms with Crippen LogP contribution in [0.2, 0.25) is 0 Å². The van der Waals surface area contributed by atoms with Crippen LogP contribution in [0, 0.1) is 0 Å². The normalized spacial score (nSPS) is 14.5. The number of pyridine rings is 1. The summed E-state index contributed by atoms with van der Waals surface area (Å²) in [5, 5.41) is 9.51. The van der Waals surface area contributed by atoms with Gasteiger partial charge in [0.1, 0.15) is 35.3 Å². The van der Waals surface area contributed by atoms with E-state index in [0.29, 0.717) is 153 Å². The molecule has 73 heavy (non-hydrogen) atoms. The predicted molar refractivity (Wildman–Crippen MR) is 258 cm³/mol. The topological polar surface area (TPSA) is 270 Å². The number of ketones is 1. The third-order valence-corrected chi connectivity index (χ3v) is 11.1. The van der Waals surface area contributed by atoms with Crippen molar-refractivity contribution in [2.24, 2.45) is 7.05 Å². The highest BCUT2D eigenvalue weighted by Gasteiger charge is 2.45. The van der Waals surface area contributed by atoms with Crippen molar-refractivity contribution in [3.63, 3.8) is 0 Å². The second kappa shape index (κ2) is 28.4. The molecule has 2 aliphatic heterocycles. The number of nitrogens with zero attached hydrogens (tertiary/aromatic N) is 5. The van der Waals surface area contributed by atoms with Gasteiger partial charge in [0.2, 0.25) is 17.7 Å². The maximum Gasteiger partial charge on any atom is 0.266 e. The summed E-state index contributed by atoms with van der Waals surface area (Å²) in [4.78, 5) is 84.3. The zero-order chi connectivity index (χ0) is 51.2. The molecule has 2 aliphatic rings. The van der Waals surface area contributed by atoms with Crippen LogP contribution in [0.25, 0.3) is 22.7 Å². The van der Waals surface area contributed by atoms with Crippen LogP contribution in [0.15, 0.2) is 76.1 Å². The Morgan fingerprint density at radius 1 is 0.712 bits per heavy atom. The molecule has 1 fully saturated rings. The number of hydrogen-bond acceptors (Lipinski definition) is 20. The SMILES string of the molecule is Cn1nc(-c2nc3ccc(CC(=O)c4ccc(OCCOCCOCCOCCOCCOCCOCCOCCOCCNc5cccc6c5C(=O)N(C5CCC(=O)NC5=O)C6=O)cn4)cc3o2)ccc1=O. The summed E-state index contributed by atoms with van der Waals surface area (Å²) in [6.07, 6.45) is 1.77. The van der Waals surface area contributed by atoms with E-state index < -0.39 is 29.7 Å². The van der Waals surface area contributed by atoms with Gasteiger partial charge in [0.15, 0.2) is 11.4 Å². The number of nitrogens with one attached hydrogen (secondary N) is 2. The van der Waals surface area contributed by atoms with E-state index in [1.54, 1.807) is 55.6 Å². The van der Waals surface area contributed by atoms with Gasteiger partial charge in [0, 0.05) is 38.2 Å². The molecule has 0 bridgehead atoms. The fourth-order valence-electron chi connectivity index (χ4n) is 7.49. The van der Waals surface area contributed by atoms with Crippen molar-refractivity contribution in [3.8, 4) is 17.3 Å². The van der Waals surface area contributed by atoms with Crippen molar-refractivity contribution in [3.05, 3.63) is 99.6 Å². The minimum atomic E-state index is -1.02. The van der Waals surface area contributed by atoms with Crippen LogP contribution in [0.4, 0.5) is 5.69 Å². The van der Waals surface area contributed by atoms with Gasteiger partial charge in [-0.15, -0.1) is 0 Å². The Bertz CT molecular complexity index is 2690. The Balaban J connectivity index is 0.596. The van der Waals surface area contributed by atoms with Crippen molar-refractivity contribution in [2.75, 3.05) is 124 Å². The van der Waals surface area contributed by atoms with Crippen molar-refractivity contribution in [1.29, 1.82) is 0 Å². The van der Waals surface area contributed by atoms with Crippen LogP contribution in [0.1, 0.15) is 49.6 Å². The fourth-order valence-corrected chi connectivity index (χ4v) is 7.49. The van der Waals surface area contributed by atoms with E-state index in [0.717, 1.165) is 10.5 Å². The molecule has 0 spiro atoms. The lowest BCUT2D eigenvalue weighted by Crippen LogP contribution is -2.54. The smallest absolute Gasteiger partial charge is 0.266 e. The number of carbonyl (C=O) groups excluding carboxylic acids is 5. The molecule has 3 aromatic heterocycles. The van der Waals surface area contributed by atoms with E-state index in [1.165, 1.54) is 16.9 Å². The number of benzene rings is 2. The number of Topliss-reactive ketones (excluding diaryl/α,β-unsaturated/α-hetero) is 1. The van der Waals surface area contributed by atoms with E-state index in [-0.39, 0.29) is 47.6 Å². The molecule has 0 saturated carbocycles. The van der Waals surface area contributed by atoms with Crippen molar-refractivity contribution in [2.45, 2.75) is 25.3 Å². The van der Waals surface area contributed by atoms with E-state index in [2.05, 4.69) is 25.7 Å². The number of hydrogen-bond donors (Lipinski definition) is 2.